The fraction of sp³-hybridized carbons (Fsp3) is 0.238. The highest BCUT2D eigenvalue weighted by atomic mass is 16.2. The Kier molecular flexibility index (Phi) is 4.75. The van der Waals surface area contributed by atoms with E-state index in [4.69, 9.17) is 0 Å². The van der Waals surface area contributed by atoms with Gasteiger partial charge in [-0.15, -0.1) is 0 Å². The number of H-pyrrole nitrogens is 1. The van der Waals surface area contributed by atoms with Gasteiger partial charge in [0.2, 0.25) is 11.8 Å². The smallest absolute Gasteiger partial charge is 0.254 e. The summed E-state index contributed by atoms with van der Waals surface area (Å²) in [5, 5.41) is 8.09. The molecule has 148 valence electrons. The molecule has 2 heterocycles. The minimum Gasteiger partial charge on any atom is -0.342 e. The van der Waals surface area contributed by atoms with Gasteiger partial charge in [-0.3, -0.25) is 14.4 Å². The molecule has 0 unspecified atom stereocenters. The number of aromatic amines is 1. The summed E-state index contributed by atoms with van der Waals surface area (Å²) in [5.74, 6) is -0.0527. The van der Waals surface area contributed by atoms with E-state index in [1.807, 2.05) is 19.9 Å². The highest BCUT2D eigenvalue weighted by Crippen LogP contribution is 2.22. The SMILES string of the molecule is CC(C)c1nc2ccc(NC(=O)C[C@@H]3NC(=O)c4ccccc4NC3=O)cc2[nH]1. The predicted octanol–water partition coefficient (Wildman–Crippen LogP) is 2.77. The zero-order chi connectivity index (χ0) is 20.5. The molecule has 3 aromatic rings. The van der Waals surface area contributed by atoms with Crippen LogP contribution in [0, 0.1) is 0 Å². The van der Waals surface area contributed by atoms with E-state index in [9.17, 15) is 14.4 Å². The molecule has 2 aromatic carbocycles. The van der Waals surface area contributed by atoms with Crippen molar-refractivity contribution in [2.45, 2.75) is 32.2 Å². The second kappa shape index (κ2) is 7.38. The van der Waals surface area contributed by atoms with Gasteiger partial charge >= 0.3 is 0 Å². The Bertz CT molecular complexity index is 1120. The maximum Gasteiger partial charge on any atom is 0.254 e. The van der Waals surface area contributed by atoms with Crippen molar-refractivity contribution in [2.75, 3.05) is 10.6 Å². The molecular formula is C21H21N5O3. The molecule has 1 aliphatic heterocycles. The molecule has 0 radical (unpaired) electrons. The van der Waals surface area contributed by atoms with Gasteiger partial charge in [0, 0.05) is 11.6 Å². The van der Waals surface area contributed by atoms with Crippen LogP contribution in [-0.2, 0) is 9.59 Å². The van der Waals surface area contributed by atoms with Crippen LogP contribution < -0.4 is 16.0 Å². The molecule has 1 atom stereocenters. The van der Waals surface area contributed by atoms with Gasteiger partial charge in [-0.1, -0.05) is 26.0 Å². The van der Waals surface area contributed by atoms with Crippen LogP contribution in [-0.4, -0.2) is 33.7 Å². The number of para-hydroxylation sites is 1. The number of hydrogen-bond acceptors (Lipinski definition) is 4. The van der Waals surface area contributed by atoms with E-state index in [1.54, 1.807) is 36.4 Å². The molecule has 3 amide bonds. The van der Waals surface area contributed by atoms with Gasteiger partial charge in [0.25, 0.3) is 5.91 Å². The maximum absolute atomic E-state index is 12.5. The summed E-state index contributed by atoms with van der Waals surface area (Å²) in [5.41, 5.74) is 3.03. The molecule has 0 bridgehead atoms. The van der Waals surface area contributed by atoms with Crippen molar-refractivity contribution in [1.82, 2.24) is 15.3 Å². The van der Waals surface area contributed by atoms with E-state index in [0.717, 1.165) is 16.9 Å². The van der Waals surface area contributed by atoms with Crippen molar-refractivity contribution in [1.29, 1.82) is 0 Å². The van der Waals surface area contributed by atoms with E-state index in [-0.39, 0.29) is 18.2 Å². The number of carbonyl (C=O) groups is 3. The minimum absolute atomic E-state index is 0.177. The highest BCUT2D eigenvalue weighted by Gasteiger charge is 2.29. The number of aromatic nitrogens is 2. The molecule has 0 spiro atoms. The number of benzene rings is 2. The number of amides is 3. The van der Waals surface area contributed by atoms with E-state index in [0.29, 0.717) is 16.9 Å². The third kappa shape index (κ3) is 3.82. The van der Waals surface area contributed by atoms with Gasteiger partial charge < -0.3 is 20.9 Å². The first-order valence-corrected chi connectivity index (χ1v) is 9.41. The largest absolute Gasteiger partial charge is 0.342 e. The molecule has 29 heavy (non-hydrogen) atoms. The molecule has 0 fully saturated rings. The number of nitrogens with zero attached hydrogens (tertiary/aromatic N) is 1. The molecule has 0 aliphatic carbocycles. The van der Waals surface area contributed by atoms with Crippen molar-refractivity contribution < 1.29 is 14.4 Å². The summed E-state index contributed by atoms with van der Waals surface area (Å²) >= 11 is 0. The Hall–Kier alpha value is -3.68. The molecule has 0 saturated carbocycles. The number of hydrogen-bond donors (Lipinski definition) is 4. The third-order valence-electron chi connectivity index (χ3n) is 4.77. The first-order chi connectivity index (χ1) is 13.9. The molecule has 4 N–H and O–H groups in total. The average molecular weight is 391 g/mol. The number of rotatable bonds is 4. The number of nitrogens with one attached hydrogen (secondary N) is 4. The van der Waals surface area contributed by atoms with Crippen LogP contribution in [0.5, 0.6) is 0 Å². The molecule has 8 nitrogen and oxygen atoms in total. The van der Waals surface area contributed by atoms with Crippen molar-refractivity contribution >= 4 is 40.1 Å². The summed E-state index contributed by atoms with van der Waals surface area (Å²) in [4.78, 5) is 45.0. The summed E-state index contributed by atoms with van der Waals surface area (Å²) < 4.78 is 0. The van der Waals surface area contributed by atoms with Gasteiger partial charge in [-0.05, 0) is 30.3 Å². The summed E-state index contributed by atoms with van der Waals surface area (Å²) in [7, 11) is 0. The van der Waals surface area contributed by atoms with Gasteiger partial charge in [-0.25, -0.2) is 4.98 Å². The fourth-order valence-electron chi connectivity index (χ4n) is 3.23. The average Bonchev–Trinajstić information content (AvgIpc) is 3.06. The first-order valence-electron chi connectivity index (χ1n) is 9.41. The Morgan fingerprint density at radius 3 is 2.76 bits per heavy atom. The first kappa shape index (κ1) is 18.7. The van der Waals surface area contributed by atoms with Crippen LogP contribution >= 0.6 is 0 Å². The number of anilines is 2. The lowest BCUT2D eigenvalue weighted by atomic mass is 10.1. The summed E-state index contributed by atoms with van der Waals surface area (Å²) in [6, 6.07) is 11.1. The number of fused-ring (bicyclic) bond motifs is 2. The monoisotopic (exact) mass is 391 g/mol. The van der Waals surface area contributed by atoms with Crippen LogP contribution in [0.15, 0.2) is 42.5 Å². The normalized spacial score (nSPS) is 16.2. The van der Waals surface area contributed by atoms with Crippen molar-refractivity contribution in [3.05, 3.63) is 53.9 Å². The Morgan fingerprint density at radius 2 is 1.97 bits per heavy atom. The number of carbonyl (C=O) groups excluding carboxylic acids is 3. The van der Waals surface area contributed by atoms with Crippen LogP contribution in [0.3, 0.4) is 0 Å². The van der Waals surface area contributed by atoms with Crippen molar-refractivity contribution in [2.24, 2.45) is 0 Å². The van der Waals surface area contributed by atoms with E-state index >= 15 is 0 Å². The lowest BCUT2D eigenvalue weighted by Gasteiger charge is -2.14. The van der Waals surface area contributed by atoms with Crippen molar-refractivity contribution in [3.63, 3.8) is 0 Å². The standard InChI is InChI=1S/C21H21N5O3/c1-11(2)19-23-15-8-7-12(9-16(15)24-19)22-18(27)10-17-21(29)25-14-6-4-3-5-13(14)20(28)26-17/h3-9,11,17H,10H2,1-2H3,(H,22,27)(H,23,24)(H,25,29)(H,26,28)/t17-/m0/s1. The maximum atomic E-state index is 12.5. The lowest BCUT2D eigenvalue weighted by Crippen LogP contribution is -2.43. The van der Waals surface area contributed by atoms with Crippen LogP contribution in [0.2, 0.25) is 0 Å². The number of imidazole rings is 1. The predicted molar refractivity (Wildman–Crippen MR) is 110 cm³/mol. The van der Waals surface area contributed by atoms with Gasteiger partial charge in [0.1, 0.15) is 11.9 Å². The zero-order valence-corrected chi connectivity index (χ0v) is 16.1. The molecule has 4 rings (SSSR count). The molecular weight excluding hydrogens is 370 g/mol. The van der Waals surface area contributed by atoms with Crippen molar-refractivity contribution in [3.8, 4) is 0 Å². The zero-order valence-electron chi connectivity index (χ0n) is 16.1. The topological polar surface area (TPSA) is 116 Å². The second-order valence-electron chi connectivity index (χ2n) is 7.32. The Morgan fingerprint density at radius 1 is 1.17 bits per heavy atom. The highest BCUT2D eigenvalue weighted by molar-refractivity contribution is 6.11. The van der Waals surface area contributed by atoms with Crippen LogP contribution in [0.1, 0.15) is 42.4 Å². The van der Waals surface area contributed by atoms with E-state index in [2.05, 4.69) is 25.9 Å². The minimum atomic E-state index is -0.960. The summed E-state index contributed by atoms with van der Waals surface area (Å²) in [6.07, 6.45) is -0.177. The van der Waals surface area contributed by atoms with E-state index in [1.165, 1.54) is 0 Å². The van der Waals surface area contributed by atoms with Crippen LogP contribution in [0.4, 0.5) is 11.4 Å². The molecule has 0 saturated heterocycles. The van der Waals surface area contributed by atoms with E-state index < -0.39 is 17.9 Å². The van der Waals surface area contributed by atoms with Gasteiger partial charge in [0.05, 0.1) is 28.7 Å². The Balaban J connectivity index is 1.46. The lowest BCUT2D eigenvalue weighted by molar-refractivity contribution is -0.122. The second-order valence-corrected chi connectivity index (χ2v) is 7.32. The fourth-order valence-corrected chi connectivity index (χ4v) is 3.23. The van der Waals surface area contributed by atoms with Gasteiger partial charge in [0.15, 0.2) is 0 Å². The quantitative estimate of drug-likeness (QED) is 0.547. The molecule has 1 aliphatic rings. The molecule has 8 heteroatoms. The molecule has 1 aromatic heterocycles. The van der Waals surface area contributed by atoms with Crippen LogP contribution in [0.25, 0.3) is 11.0 Å². The third-order valence-corrected chi connectivity index (χ3v) is 4.77. The summed E-state index contributed by atoms with van der Waals surface area (Å²) in [6.45, 7) is 4.09. The Labute approximate surface area is 167 Å². The van der Waals surface area contributed by atoms with Gasteiger partial charge in [-0.2, -0.15) is 0 Å².